The van der Waals surface area contributed by atoms with Gasteiger partial charge in [0.05, 0.1) is 12.1 Å². The lowest BCUT2D eigenvalue weighted by molar-refractivity contribution is -0.137. The van der Waals surface area contributed by atoms with Crippen molar-refractivity contribution < 1.29 is 27.8 Å². The number of aliphatic hydroxyl groups excluding tert-OH is 1. The van der Waals surface area contributed by atoms with Crippen molar-refractivity contribution >= 4 is 5.96 Å². The van der Waals surface area contributed by atoms with E-state index < -0.39 is 17.8 Å². The van der Waals surface area contributed by atoms with Crippen molar-refractivity contribution in [3.63, 3.8) is 0 Å². The molecule has 0 spiro atoms. The number of rotatable bonds is 13. The molecule has 0 bridgehead atoms. The lowest BCUT2D eigenvalue weighted by Gasteiger charge is -2.18. The zero-order chi connectivity index (χ0) is 22.4. The van der Waals surface area contributed by atoms with Gasteiger partial charge in [0.25, 0.3) is 0 Å². The minimum atomic E-state index is -4.44. The molecule has 0 aromatic heterocycles. The average Bonchev–Trinajstić information content (AvgIpc) is 2.70. The molecule has 0 saturated heterocycles. The number of guanidine groups is 1. The highest BCUT2D eigenvalue weighted by Gasteiger charge is 2.30. The third-order valence-electron chi connectivity index (χ3n) is 4.08. The van der Waals surface area contributed by atoms with E-state index in [1.54, 1.807) is 7.11 Å². The summed E-state index contributed by atoms with van der Waals surface area (Å²) in [7, 11) is 3.70. The second kappa shape index (κ2) is 14.1. The van der Waals surface area contributed by atoms with Crippen LogP contribution in [0, 0.1) is 0 Å². The molecule has 172 valence electrons. The largest absolute Gasteiger partial charge is 0.491 e. The first-order valence-corrected chi connectivity index (χ1v) is 9.94. The highest BCUT2D eigenvalue weighted by atomic mass is 19.4. The fourth-order valence-corrected chi connectivity index (χ4v) is 2.50. The number of aliphatic imine (C=N–C) groups is 1. The summed E-state index contributed by atoms with van der Waals surface area (Å²) < 4.78 is 48.5. The van der Waals surface area contributed by atoms with Crippen molar-refractivity contribution in [1.29, 1.82) is 0 Å². The Labute approximate surface area is 176 Å². The van der Waals surface area contributed by atoms with E-state index in [1.165, 1.54) is 12.1 Å². The van der Waals surface area contributed by atoms with E-state index in [1.807, 2.05) is 14.0 Å². The minimum absolute atomic E-state index is 0.0504. The van der Waals surface area contributed by atoms with E-state index >= 15 is 0 Å². The number of benzene rings is 1. The van der Waals surface area contributed by atoms with Crippen molar-refractivity contribution in [2.24, 2.45) is 4.99 Å². The Bertz CT molecular complexity index is 630. The fourth-order valence-electron chi connectivity index (χ4n) is 2.50. The molecule has 3 N–H and O–H groups in total. The summed E-state index contributed by atoms with van der Waals surface area (Å²) in [6.07, 6.45) is -4.43. The highest BCUT2D eigenvalue weighted by Crippen LogP contribution is 2.31. The maximum atomic E-state index is 12.7. The molecular formula is C20H33F3N4O3. The van der Waals surface area contributed by atoms with Crippen LogP contribution in [0.25, 0.3) is 0 Å². The SMILES string of the molecule is CCNC(=NCC(O)COc1cccc(C(F)(F)F)c1)NCCN(C)CCCOC. The first kappa shape index (κ1) is 26.0. The normalized spacial score (nSPS) is 13.4. The first-order chi connectivity index (χ1) is 14.3. The van der Waals surface area contributed by atoms with Crippen molar-refractivity contribution in [1.82, 2.24) is 15.5 Å². The number of nitrogens with zero attached hydrogens (tertiary/aromatic N) is 2. The monoisotopic (exact) mass is 434 g/mol. The van der Waals surface area contributed by atoms with Crippen LogP contribution in [-0.4, -0.2) is 82.2 Å². The molecule has 0 aliphatic carbocycles. The summed E-state index contributed by atoms with van der Waals surface area (Å²) in [5.41, 5.74) is -0.793. The van der Waals surface area contributed by atoms with Gasteiger partial charge in [0.2, 0.25) is 0 Å². The van der Waals surface area contributed by atoms with Crippen LogP contribution in [0.4, 0.5) is 13.2 Å². The van der Waals surface area contributed by atoms with Crippen LogP contribution in [-0.2, 0) is 10.9 Å². The molecule has 0 saturated carbocycles. The molecule has 1 aromatic carbocycles. The maximum Gasteiger partial charge on any atom is 0.416 e. The standard InChI is InChI=1S/C20H33F3N4O3/c1-4-24-19(25-9-11-27(2)10-6-12-29-3)26-14-17(28)15-30-18-8-5-7-16(13-18)20(21,22)23/h5,7-8,13,17,28H,4,6,9-12,14-15H2,1-3H3,(H2,24,25,26). The molecule has 0 fully saturated rings. The lowest BCUT2D eigenvalue weighted by Crippen LogP contribution is -2.41. The Morgan fingerprint density at radius 2 is 2.03 bits per heavy atom. The summed E-state index contributed by atoms with van der Waals surface area (Å²) in [5.74, 6) is 0.607. The number of hydrogen-bond acceptors (Lipinski definition) is 5. The van der Waals surface area contributed by atoms with Crippen LogP contribution >= 0.6 is 0 Å². The topological polar surface area (TPSA) is 78.4 Å². The summed E-state index contributed by atoms with van der Waals surface area (Å²) in [5, 5.41) is 16.3. The molecule has 1 aromatic rings. The second-order valence-electron chi connectivity index (χ2n) is 6.79. The quantitative estimate of drug-likeness (QED) is 0.250. The van der Waals surface area contributed by atoms with Gasteiger partial charge in [-0.25, -0.2) is 0 Å². The molecule has 0 heterocycles. The number of aliphatic hydroxyl groups is 1. The van der Waals surface area contributed by atoms with E-state index in [0.29, 0.717) is 19.0 Å². The average molecular weight is 435 g/mol. The first-order valence-electron chi connectivity index (χ1n) is 9.94. The Morgan fingerprint density at radius 3 is 2.70 bits per heavy atom. The van der Waals surface area contributed by atoms with Gasteiger partial charge >= 0.3 is 6.18 Å². The van der Waals surface area contributed by atoms with Gasteiger partial charge in [-0.2, -0.15) is 13.2 Å². The van der Waals surface area contributed by atoms with Crippen LogP contribution in [0.3, 0.4) is 0 Å². The molecule has 0 amide bonds. The molecule has 30 heavy (non-hydrogen) atoms. The molecule has 0 aliphatic rings. The Balaban J connectivity index is 2.42. The molecule has 0 aliphatic heterocycles. The van der Waals surface area contributed by atoms with Crippen molar-refractivity contribution in [2.75, 3.05) is 60.1 Å². The molecular weight excluding hydrogens is 401 g/mol. The van der Waals surface area contributed by atoms with Crippen LogP contribution in [0.2, 0.25) is 0 Å². The van der Waals surface area contributed by atoms with Gasteiger partial charge in [-0.3, -0.25) is 4.99 Å². The van der Waals surface area contributed by atoms with Crippen LogP contribution in [0.5, 0.6) is 5.75 Å². The predicted octanol–water partition coefficient (Wildman–Crippen LogP) is 1.97. The number of methoxy groups -OCH3 is 1. The Hall–Kier alpha value is -2.04. The van der Waals surface area contributed by atoms with Crippen LogP contribution < -0.4 is 15.4 Å². The predicted molar refractivity (Wildman–Crippen MR) is 111 cm³/mol. The van der Waals surface area contributed by atoms with E-state index in [2.05, 4.69) is 20.5 Å². The summed E-state index contributed by atoms with van der Waals surface area (Å²) in [6, 6.07) is 4.56. The number of nitrogens with one attached hydrogen (secondary N) is 2. The van der Waals surface area contributed by atoms with Crippen LogP contribution in [0.1, 0.15) is 18.9 Å². The molecule has 0 radical (unpaired) electrons. The van der Waals surface area contributed by atoms with E-state index in [-0.39, 0.29) is 18.9 Å². The third kappa shape index (κ3) is 11.2. The molecule has 1 atom stereocenters. The Kier molecular flexibility index (Phi) is 12.2. The lowest BCUT2D eigenvalue weighted by atomic mass is 10.2. The number of ether oxygens (including phenoxy) is 2. The van der Waals surface area contributed by atoms with E-state index in [9.17, 15) is 18.3 Å². The van der Waals surface area contributed by atoms with Gasteiger partial charge in [0, 0.05) is 39.9 Å². The van der Waals surface area contributed by atoms with Gasteiger partial charge in [0.1, 0.15) is 18.5 Å². The van der Waals surface area contributed by atoms with Gasteiger partial charge in [-0.1, -0.05) is 6.07 Å². The molecule has 10 heteroatoms. The molecule has 1 unspecified atom stereocenters. The zero-order valence-electron chi connectivity index (χ0n) is 17.8. The van der Waals surface area contributed by atoms with E-state index in [0.717, 1.165) is 38.2 Å². The maximum absolute atomic E-state index is 12.7. The zero-order valence-corrected chi connectivity index (χ0v) is 17.8. The Morgan fingerprint density at radius 1 is 1.27 bits per heavy atom. The van der Waals surface area contributed by atoms with Gasteiger partial charge in [-0.15, -0.1) is 0 Å². The molecule has 7 nitrogen and oxygen atoms in total. The van der Waals surface area contributed by atoms with Gasteiger partial charge in [0.15, 0.2) is 5.96 Å². The number of hydrogen-bond donors (Lipinski definition) is 3. The second-order valence-corrected chi connectivity index (χ2v) is 6.79. The minimum Gasteiger partial charge on any atom is -0.491 e. The van der Waals surface area contributed by atoms with Crippen molar-refractivity contribution in [3.05, 3.63) is 29.8 Å². The summed E-state index contributed by atoms with van der Waals surface area (Å²) in [6.45, 7) is 5.62. The summed E-state index contributed by atoms with van der Waals surface area (Å²) in [4.78, 5) is 6.47. The number of alkyl halides is 3. The van der Waals surface area contributed by atoms with Gasteiger partial charge < -0.3 is 30.1 Å². The third-order valence-corrected chi connectivity index (χ3v) is 4.08. The fraction of sp³-hybridized carbons (Fsp3) is 0.650. The van der Waals surface area contributed by atoms with E-state index in [4.69, 9.17) is 9.47 Å². The number of halogens is 3. The summed E-state index contributed by atoms with van der Waals surface area (Å²) >= 11 is 0. The van der Waals surface area contributed by atoms with Gasteiger partial charge in [-0.05, 0) is 38.6 Å². The smallest absolute Gasteiger partial charge is 0.416 e. The van der Waals surface area contributed by atoms with Crippen molar-refractivity contribution in [3.8, 4) is 5.75 Å². The van der Waals surface area contributed by atoms with Crippen LogP contribution in [0.15, 0.2) is 29.3 Å². The van der Waals surface area contributed by atoms with Crippen molar-refractivity contribution in [2.45, 2.75) is 25.6 Å². The molecule has 1 rings (SSSR count). The highest BCUT2D eigenvalue weighted by molar-refractivity contribution is 5.79. The number of likely N-dealkylation sites (N-methyl/N-ethyl adjacent to an activating group) is 1.